The van der Waals surface area contributed by atoms with Crippen molar-refractivity contribution >= 4 is 21.6 Å². The standard InChI is InChI=1S/C26H30N2O5S/c1-16-8-7-9-23(18(16)3)28-34(30,31)25-14-20(11-10-17(25)2)26(29)27-19(4)22-15-21(32-5)12-13-24(22)33-6/h7-15,19,28H,1-6H3,(H,27,29). The van der Waals surface area contributed by atoms with Crippen LogP contribution in [0.3, 0.4) is 0 Å². The Balaban J connectivity index is 1.88. The summed E-state index contributed by atoms with van der Waals surface area (Å²) < 4.78 is 39.7. The molecule has 2 N–H and O–H groups in total. The predicted molar refractivity (Wildman–Crippen MR) is 133 cm³/mol. The fourth-order valence-electron chi connectivity index (χ4n) is 3.63. The average Bonchev–Trinajstić information content (AvgIpc) is 2.81. The van der Waals surface area contributed by atoms with Crippen molar-refractivity contribution in [2.24, 2.45) is 0 Å². The van der Waals surface area contributed by atoms with Gasteiger partial charge < -0.3 is 14.8 Å². The quantitative estimate of drug-likeness (QED) is 0.475. The van der Waals surface area contributed by atoms with Crippen LogP contribution < -0.4 is 19.5 Å². The first-order valence-corrected chi connectivity index (χ1v) is 12.3. The van der Waals surface area contributed by atoms with Crippen LogP contribution in [0.4, 0.5) is 5.69 Å². The minimum Gasteiger partial charge on any atom is -0.497 e. The first-order chi connectivity index (χ1) is 16.1. The summed E-state index contributed by atoms with van der Waals surface area (Å²) in [6, 6.07) is 15.0. The van der Waals surface area contributed by atoms with E-state index in [1.807, 2.05) is 26.8 Å². The molecule has 180 valence electrons. The monoisotopic (exact) mass is 482 g/mol. The fourth-order valence-corrected chi connectivity index (χ4v) is 5.02. The van der Waals surface area contributed by atoms with Crippen molar-refractivity contribution in [3.8, 4) is 11.5 Å². The molecule has 3 aromatic rings. The molecule has 0 saturated carbocycles. The Morgan fingerprint density at radius 3 is 2.32 bits per heavy atom. The van der Waals surface area contributed by atoms with E-state index in [0.717, 1.165) is 16.7 Å². The number of benzene rings is 3. The van der Waals surface area contributed by atoms with Gasteiger partial charge in [-0.2, -0.15) is 0 Å². The van der Waals surface area contributed by atoms with E-state index in [4.69, 9.17) is 9.47 Å². The number of ether oxygens (including phenoxy) is 2. The lowest BCUT2D eigenvalue weighted by Crippen LogP contribution is -2.27. The van der Waals surface area contributed by atoms with Gasteiger partial charge >= 0.3 is 0 Å². The van der Waals surface area contributed by atoms with Gasteiger partial charge in [-0.15, -0.1) is 0 Å². The summed E-state index contributed by atoms with van der Waals surface area (Å²) in [5.41, 5.74) is 3.85. The number of carbonyl (C=O) groups is 1. The number of sulfonamides is 1. The van der Waals surface area contributed by atoms with Gasteiger partial charge in [0.2, 0.25) is 0 Å². The Morgan fingerprint density at radius 1 is 0.912 bits per heavy atom. The summed E-state index contributed by atoms with van der Waals surface area (Å²) >= 11 is 0. The van der Waals surface area contributed by atoms with Gasteiger partial charge in [0.05, 0.1) is 30.8 Å². The van der Waals surface area contributed by atoms with Crippen molar-refractivity contribution in [1.29, 1.82) is 0 Å². The van der Waals surface area contributed by atoms with Crippen LogP contribution in [0.1, 0.15) is 45.6 Å². The molecule has 0 aromatic heterocycles. The first-order valence-electron chi connectivity index (χ1n) is 10.8. The summed E-state index contributed by atoms with van der Waals surface area (Å²) in [6.45, 7) is 7.30. The van der Waals surface area contributed by atoms with E-state index in [1.165, 1.54) is 6.07 Å². The smallest absolute Gasteiger partial charge is 0.262 e. The number of hydrogen-bond acceptors (Lipinski definition) is 5. The van der Waals surface area contributed by atoms with Crippen LogP contribution in [0, 0.1) is 20.8 Å². The minimum absolute atomic E-state index is 0.0488. The topological polar surface area (TPSA) is 93.7 Å². The minimum atomic E-state index is -3.91. The third-order valence-corrected chi connectivity index (χ3v) is 7.35. The van der Waals surface area contributed by atoms with Crippen LogP contribution in [0.2, 0.25) is 0 Å². The van der Waals surface area contributed by atoms with E-state index in [2.05, 4.69) is 10.0 Å². The van der Waals surface area contributed by atoms with Gasteiger partial charge in [-0.3, -0.25) is 9.52 Å². The molecular formula is C26H30N2O5S. The molecule has 0 bridgehead atoms. The maximum Gasteiger partial charge on any atom is 0.262 e. The van der Waals surface area contributed by atoms with Gasteiger partial charge in [0.15, 0.2) is 0 Å². The molecule has 0 heterocycles. The number of methoxy groups -OCH3 is 2. The average molecular weight is 483 g/mol. The molecule has 0 radical (unpaired) electrons. The highest BCUT2D eigenvalue weighted by Crippen LogP contribution is 2.30. The number of rotatable bonds is 8. The summed E-state index contributed by atoms with van der Waals surface area (Å²) in [4.78, 5) is 13.1. The Hall–Kier alpha value is -3.52. The Morgan fingerprint density at radius 2 is 1.65 bits per heavy atom. The zero-order valence-corrected chi connectivity index (χ0v) is 21.0. The lowest BCUT2D eigenvalue weighted by atomic mass is 10.1. The molecule has 34 heavy (non-hydrogen) atoms. The van der Waals surface area contributed by atoms with Crippen LogP contribution >= 0.6 is 0 Å². The number of amides is 1. The van der Waals surface area contributed by atoms with Crippen LogP contribution in [-0.4, -0.2) is 28.5 Å². The Kier molecular flexibility index (Phi) is 7.51. The van der Waals surface area contributed by atoms with E-state index in [0.29, 0.717) is 22.7 Å². The summed E-state index contributed by atoms with van der Waals surface area (Å²) in [6.07, 6.45) is 0. The second kappa shape index (κ2) is 10.2. The van der Waals surface area contributed by atoms with Crippen molar-refractivity contribution < 1.29 is 22.7 Å². The third-order valence-electron chi connectivity index (χ3n) is 5.84. The van der Waals surface area contributed by atoms with E-state index in [1.54, 1.807) is 63.6 Å². The third kappa shape index (κ3) is 5.34. The predicted octanol–water partition coefficient (Wildman–Crippen LogP) is 4.92. The number of hydrogen-bond donors (Lipinski definition) is 2. The first kappa shape index (κ1) is 25.1. The lowest BCUT2D eigenvalue weighted by Gasteiger charge is -2.19. The molecular weight excluding hydrogens is 452 g/mol. The van der Waals surface area contributed by atoms with E-state index in [9.17, 15) is 13.2 Å². The van der Waals surface area contributed by atoms with Crippen LogP contribution in [0.15, 0.2) is 59.5 Å². The van der Waals surface area contributed by atoms with E-state index < -0.39 is 22.0 Å². The zero-order chi connectivity index (χ0) is 25.0. The molecule has 3 aromatic carbocycles. The highest BCUT2D eigenvalue weighted by molar-refractivity contribution is 7.92. The van der Waals surface area contributed by atoms with Crippen molar-refractivity contribution in [1.82, 2.24) is 5.32 Å². The zero-order valence-electron chi connectivity index (χ0n) is 20.2. The van der Waals surface area contributed by atoms with Crippen molar-refractivity contribution in [2.45, 2.75) is 38.6 Å². The molecule has 1 atom stereocenters. The number of anilines is 1. The number of nitrogens with one attached hydrogen (secondary N) is 2. The summed E-state index contributed by atoms with van der Waals surface area (Å²) in [5, 5.41) is 2.91. The highest BCUT2D eigenvalue weighted by Gasteiger charge is 2.22. The van der Waals surface area contributed by atoms with Crippen LogP contribution in [0.5, 0.6) is 11.5 Å². The van der Waals surface area contributed by atoms with Gasteiger partial charge in [0.25, 0.3) is 15.9 Å². The van der Waals surface area contributed by atoms with Gasteiger partial charge in [-0.25, -0.2) is 8.42 Å². The van der Waals surface area contributed by atoms with Gasteiger partial charge in [0, 0.05) is 11.1 Å². The second-order valence-corrected chi connectivity index (χ2v) is 9.79. The largest absolute Gasteiger partial charge is 0.497 e. The highest BCUT2D eigenvalue weighted by atomic mass is 32.2. The van der Waals surface area contributed by atoms with Gasteiger partial charge in [0.1, 0.15) is 11.5 Å². The number of aryl methyl sites for hydroxylation is 2. The number of carbonyl (C=O) groups excluding carboxylic acids is 1. The molecule has 0 aliphatic rings. The molecule has 1 unspecified atom stereocenters. The summed E-state index contributed by atoms with van der Waals surface area (Å²) in [5.74, 6) is 0.845. The fraction of sp³-hybridized carbons (Fsp3) is 0.269. The van der Waals surface area contributed by atoms with Gasteiger partial charge in [-0.1, -0.05) is 18.2 Å². The molecule has 0 fully saturated rings. The molecule has 7 nitrogen and oxygen atoms in total. The second-order valence-electron chi connectivity index (χ2n) is 8.14. The molecule has 8 heteroatoms. The van der Waals surface area contributed by atoms with Crippen molar-refractivity contribution in [3.05, 3.63) is 82.4 Å². The SMILES string of the molecule is COc1ccc(OC)c(C(C)NC(=O)c2ccc(C)c(S(=O)(=O)Nc3cccc(C)c3C)c2)c1. The molecule has 0 spiro atoms. The molecule has 1 amide bonds. The molecule has 0 aliphatic carbocycles. The Labute approximate surface area is 201 Å². The molecule has 3 rings (SSSR count). The van der Waals surface area contributed by atoms with Crippen molar-refractivity contribution in [3.63, 3.8) is 0 Å². The van der Waals surface area contributed by atoms with Crippen molar-refractivity contribution in [2.75, 3.05) is 18.9 Å². The van der Waals surface area contributed by atoms with Crippen LogP contribution in [-0.2, 0) is 10.0 Å². The molecule has 0 aliphatic heterocycles. The molecule has 0 saturated heterocycles. The van der Waals surface area contributed by atoms with Crippen LogP contribution in [0.25, 0.3) is 0 Å². The summed E-state index contributed by atoms with van der Waals surface area (Å²) in [7, 11) is -0.786. The van der Waals surface area contributed by atoms with E-state index >= 15 is 0 Å². The maximum atomic E-state index is 13.2. The Bertz CT molecular complexity index is 1320. The maximum absolute atomic E-state index is 13.2. The van der Waals surface area contributed by atoms with E-state index in [-0.39, 0.29) is 10.5 Å². The normalized spacial score (nSPS) is 12.1. The lowest BCUT2D eigenvalue weighted by molar-refractivity contribution is 0.0939. The van der Waals surface area contributed by atoms with Gasteiger partial charge in [-0.05, 0) is 80.8 Å².